The fraction of sp³-hybridized carbons (Fsp3) is 0.353. The zero-order valence-electron chi connectivity index (χ0n) is 15.6. The molecular formula is C17H14F4N4O6. The molecule has 10 nitrogen and oxygen atoms in total. The number of azide groups is 1. The maximum atomic E-state index is 13.8. The number of hydrogen-bond donors (Lipinski definition) is 0. The van der Waals surface area contributed by atoms with E-state index in [1.165, 1.54) is 0 Å². The first-order valence-electron chi connectivity index (χ1n) is 8.56. The number of halogens is 4. The molecule has 0 saturated heterocycles. The smallest absolute Gasteiger partial charge is 0.344 e. The summed E-state index contributed by atoms with van der Waals surface area (Å²) in [6.07, 6.45) is 2.28. The van der Waals surface area contributed by atoms with Gasteiger partial charge in [-0.25, -0.2) is 22.4 Å². The van der Waals surface area contributed by atoms with Crippen molar-refractivity contribution in [3.8, 4) is 0 Å². The Balaban J connectivity index is 1.70. The van der Waals surface area contributed by atoms with E-state index in [0.29, 0.717) is 0 Å². The average molecular weight is 446 g/mol. The summed E-state index contributed by atoms with van der Waals surface area (Å²) in [5.74, 6) is -10.8. The molecular weight excluding hydrogens is 432 g/mol. The van der Waals surface area contributed by atoms with Gasteiger partial charge >= 0.3 is 5.97 Å². The lowest BCUT2D eigenvalue weighted by molar-refractivity contribution is -0.137. The third kappa shape index (κ3) is 5.78. The lowest BCUT2D eigenvalue weighted by Gasteiger charge is -2.13. The number of rotatable bonds is 11. The molecule has 14 heteroatoms. The van der Waals surface area contributed by atoms with Crippen LogP contribution in [0.1, 0.15) is 10.4 Å². The average Bonchev–Trinajstić information content (AvgIpc) is 3.06. The van der Waals surface area contributed by atoms with E-state index >= 15 is 0 Å². The molecule has 166 valence electrons. The van der Waals surface area contributed by atoms with E-state index in [1.54, 1.807) is 0 Å². The van der Waals surface area contributed by atoms with Gasteiger partial charge in [-0.3, -0.25) is 14.5 Å². The molecule has 0 aromatic heterocycles. The van der Waals surface area contributed by atoms with Crippen LogP contribution in [0.5, 0.6) is 0 Å². The van der Waals surface area contributed by atoms with Gasteiger partial charge in [-0.2, -0.15) is 0 Å². The Morgan fingerprint density at radius 2 is 1.42 bits per heavy atom. The Labute approximate surface area is 171 Å². The summed E-state index contributed by atoms with van der Waals surface area (Å²) in [4.78, 5) is 37.3. The first-order valence-corrected chi connectivity index (χ1v) is 8.56. The van der Waals surface area contributed by atoms with Gasteiger partial charge in [0.25, 0.3) is 11.8 Å². The van der Waals surface area contributed by atoms with Crippen molar-refractivity contribution in [3.05, 3.63) is 51.4 Å². The zero-order chi connectivity index (χ0) is 23.0. The van der Waals surface area contributed by atoms with Gasteiger partial charge in [0.2, 0.25) is 0 Å². The Bertz CT molecular complexity index is 917. The zero-order valence-corrected chi connectivity index (χ0v) is 15.6. The summed E-state index contributed by atoms with van der Waals surface area (Å²) < 4.78 is 69.6. The van der Waals surface area contributed by atoms with Gasteiger partial charge in [-0.15, -0.1) is 0 Å². The highest BCUT2D eigenvalue weighted by molar-refractivity contribution is 6.12. The molecule has 0 aliphatic carbocycles. The topological polar surface area (TPSA) is 131 Å². The van der Waals surface area contributed by atoms with E-state index in [0.717, 1.165) is 17.1 Å². The number of ether oxygens (including phenoxy) is 3. The predicted octanol–water partition coefficient (Wildman–Crippen LogP) is 2.30. The van der Waals surface area contributed by atoms with E-state index in [9.17, 15) is 31.9 Å². The van der Waals surface area contributed by atoms with Gasteiger partial charge in [0, 0.05) is 17.1 Å². The second kappa shape index (κ2) is 11.1. The molecule has 2 rings (SSSR count). The van der Waals surface area contributed by atoms with E-state index in [-0.39, 0.29) is 33.0 Å². The first kappa shape index (κ1) is 23.8. The number of imide groups is 1. The molecule has 0 bridgehead atoms. The highest BCUT2D eigenvalue weighted by Gasteiger charge is 2.30. The fourth-order valence-corrected chi connectivity index (χ4v) is 2.33. The van der Waals surface area contributed by atoms with E-state index in [4.69, 9.17) is 15.0 Å². The maximum absolute atomic E-state index is 13.8. The van der Waals surface area contributed by atoms with Crippen molar-refractivity contribution in [2.75, 3.05) is 39.6 Å². The van der Waals surface area contributed by atoms with Gasteiger partial charge in [-0.1, -0.05) is 5.11 Å². The van der Waals surface area contributed by atoms with Crippen molar-refractivity contribution in [1.29, 1.82) is 0 Å². The Morgan fingerprint density at radius 3 is 1.97 bits per heavy atom. The highest BCUT2D eigenvalue weighted by atomic mass is 19.2. The highest BCUT2D eigenvalue weighted by Crippen LogP contribution is 2.30. The minimum Gasteiger partial charge on any atom is -0.459 e. The number of benzene rings is 1. The first-order chi connectivity index (χ1) is 14.8. The van der Waals surface area contributed by atoms with Crippen LogP contribution in [0.25, 0.3) is 10.4 Å². The van der Waals surface area contributed by atoms with Crippen LogP contribution >= 0.6 is 0 Å². The third-order valence-corrected chi connectivity index (χ3v) is 3.78. The minimum atomic E-state index is -2.06. The fourth-order valence-electron chi connectivity index (χ4n) is 2.33. The summed E-state index contributed by atoms with van der Waals surface area (Å²) in [6, 6.07) is 0. The van der Waals surface area contributed by atoms with Gasteiger partial charge in [0.15, 0.2) is 23.3 Å². The number of carbonyl (C=O) groups excluding carboxylic acids is 3. The van der Waals surface area contributed by atoms with Crippen LogP contribution in [-0.2, 0) is 23.8 Å². The molecule has 0 N–H and O–H groups in total. The van der Waals surface area contributed by atoms with Gasteiger partial charge < -0.3 is 14.2 Å². The quantitative estimate of drug-likeness (QED) is 0.0749. The minimum absolute atomic E-state index is 0.0184. The van der Waals surface area contributed by atoms with Crippen molar-refractivity contribution in [2.24, 2.45) is 5.11 Å². The van der Waals surface area contributed by atoms with Gasteiger partial charge in [0.1, 0.15) is 17.9 Å². The molecule has 1 aromatic rings. The monoisotopic (exact) mass is 446 g/mol. The second-order valence-corrected chi connectivity index (χ2v) is 5.69. The number of amides is 2. The van der Waals surface area contributed by atoms with Crippen LogP contribution in [0.4, 0.5) is 23.2 Å². The Kier molecular flexibility index (Phi) is 8.49. The summed E-state index contributed by atoms with van der Waals surface area (Å²) >= 11 is 0. The molecule has 0 unspecified atom stereocenters. The molecule has 1 aliphatic heterocycles. The van der Waals surface area contributed by atoms with Crippen LogP contribution in [0, 0.1) is 23.3 Å². The molecule has 0 fully saturated rings. The van der Waals surface area contributed by atoms with Crippen LogP contribution in [0.3, 0.4) is 0 Å². The number of hydrogen-bond acceptors (Lipinski definition) is 7. The molecule has 0 saturated carbocycles. The van der Waals surface area contributed by atoms with Gasteiger partial charge in [0.05, 0.1) is 33.0 Å². The Morgan fingerprint density at radius 1 is 0.903 bits per heavy atom. The SMILES string of the molecule is [N-]=[N+]=Nc1c(F)c(F)c(C(=O)OCCOCCOCCN2C(=O)C=CC2=O)c(F)c1F. The van der Waals surface area contributed by atoms with Crippen molar-refractivity contribution in [2.45, 2.75) is 0 Å². The molecule has 1 heterocycles. The van der Waals surface area contributed by atoms with Gasteiger partial charge in [-0.05, 0) is 5.53 Å². The number of nitrogens with zero attached hydrogens (tertiary/aromatic N) is 4. The van der Waals surface area contributed by atoms with Crippen LogP contribution in [0.15, 0.2) is 17.3 Å². The van der Waals surface area contributed by atoms with E-state index in [1.807, 2.05) is 4.91 Å². The summed E-state index contributed by atoms with van der Waals surface area (Å²) in [5, 5.41) is 2.50. The number of carbonyl (C=O) groups is 3. The van der Waals surface area contributed by atoms with Crippen molar-refractivity contribution in [1.82, 2.24) is 4.90 Å². The molecule has 1 aromatic carbocycles. The molecule has 0 radical (unpaired) electrons. The van der Waals surface area contributed by atoms with Crippen LogP contribution in [-0.4, -0.2) is 62.3 Å². The van der Waals surface area contributed by atoms with E-state index in [2.05, 4.69) is 9.85 Å². The van der Waals surface area contributed by atoms with Crippen LogP contribution < -0.4 is 0 Å². The van der Waals surface area contributed by atoms with Crippen molar-refractivity contribution >= 4 is 23.5 Å². The van der Waals surface area contributed by atoms with Crippen molar-refractivity contribution in [3.63, 3.8) is 0 Å². The lowest BCUT2D eigenvalue weighted by Crippen LogP contribution is -2.33. The maximum Gasteiger partial charge on any atom is 0.344 e. The van der Waals surface area contributed by atoms with E-state index < -0.39 is 58.9 Å². The molecule has 31 heavy (non-hydrogen) atoms. The lowest BCUT2D eigenvalue weighted by atomic mass is 10.1. The van der Waals surface area contributed by atoms with Crippen molar-refractivity contribution < 1.29 is 46.2 Å². The molecule has 0 atom stereocenters. The third-order valence-electron chi connectivity index (χ3n) is 3.78. The summed E-state index contributed by atoms with van der Waals surface area (Å²) in [7, 11) is 0. The summed E-state index contributed by atoms with van der Waals surface area (Å²) in [6.45, 7) is -0.513. The second-order valence-electron chi connectivity index (χ2n) is 5.69. The standard InChI is InChI=1S/C17H14F4N4O6/c18-12-11(13(19)15(21)16(14(12)20)23-24-22)17(28)31-8-7-30-6-5-29-4-3-25-9(26)1-2-10(25)27/h1-2H,3-8H2. The molecule has 2 amide bonds. The molecule has 0 spiro atoms. The van der Waals surface area contributed by atoms with Crippen LogP contribution in [0.2, 0.25) is 0 Å². The normalized spacial score (nSPS) is 13.0. The number of esters is 1. The largest absolute Gasteiger partial charge is 0.459 e. The molecule has 1 aliphatic rings. The summed E-state index contributed by atoms with van der Waals surface area (Å²) in [5.41, 5.74) is 5.00. The predicted molar refractivity (Wildman–Crippen MR) is 92.9 cm³/mol. The Hall–Kier alpha value is -3.48.